The second-order valence-corrected chi connectivity index (χ2v) is 13.8. The number of likely N-dealkylation sites (tertiary alicyclic amines) is 4. The molecule has 4 amide bonds. The average Bonchev–Trinajstić information content (AvgIpc) is 3.35. The lowest BCUT2D eigenvalue weighted by Crippen LogP contribution is -2.57. The van der Waals surface area contributed by atoms with E-state index in [9.17, 15) is 14.4 Å². The number of rotatable bonds is 0. The van der Waals surface area contributed by atoms with Crippen LogP contribution in [0.4, 0.5) is 4.79 Å². The Hall–Kier alpha value is -1.95. The molecule has 0 bridgehead atoms. The second kappa shape index (κ2) is 12.7. The zero-order valence-electron chi connectivity index (χ0n) is 26.8. The first-order chi connectivity index (χ1) is 19.3. The van der Waals surface area contributed by atoms with Gasteiger partial charge in [-0.2, -0.15) is 0 Å². The maximum absolute atomic E-state index is 11.9. The summed E-state index contributed by atoms with van der Waals surface area (Å²) < 4.78 is 5.72. The molecule has 0 aromatic rings. The van der Waals surface area contributed by atoms with E-state index in [0.29, 0.717) is 5.91 Å². The third kappa shape index (κ3) is 7.00. The maximum atomic E-state index is 11.9. The molecule has 6 fully saturated rings. The van der Waals surface area contributed by atoms with Crippen LogP contribution in [0.15, 0.2) is 0 Å². The quantitative estimate of drug-likeness (QED) is 0.424. The molecule has 0 atom stereocenters. The molecule has 234 valence electrons. The molecular formula is C30H55N7O4. The van der Waals surface area contributed by atoms with E-state index in [1.165, 1.54) is 0 Å². The van der Waals surface area contributed by atoms with E-state index in [4.69, 9.17) is 4.74 Å². The first-order valence-corrected chi connectivity index (χ1v) is 15.5. The summed E-state index contributed by atoms with van der Waals surface area (Å²) in [4.78, 5) is 49.3. The van der Waals surface area contributed by atoms with Crippen molar-refractivity contribution in [3.63, 3.8) is 0 Å². The first kappa shape index (κ1) is 32.0. The van der Waals surface area contributed by atoms with Crippen LogP contribution in [0.5, 0.6) is 0 Å². The monoisotopic (exact) mass is 577 g/mol. The highest BCUT2D eigenvalue weighted by Gasteiger charge is 2.48. The molecule has 0 N–H and O–H groups in total. The molecule has 6 heterocycles. The summed E-state index contributed by atoms with van der Waals surface area (Å²) in [6.45, 7) is 9.40. The van der Waals surface area contributed by atoms with Crippen LogP contribution in [0.25, 0.3) is 0 Å². The Kier molecular flexibility index (Phi) is 9.93. The van der Waals surface area contributed by atoms with Crippen molar-refractivity contribution in [2.24, 2.45) is 5.41 Å². The number of urea groups is 1. The third-order valence-corrected chi connectivity index (χ3v) is 10.8. The molecule has 6 rings (SSSR count). The van der Waals surface area contributed by atoms with Gasteiger partial charge in [-0.15, -0.1) is 0 Å². The molecule has 41 heavy (non-hydrogen) atoms. The number of amides is 4. The number of ether oxygens (including phenoxy) is 1. The number of hydrogen-bond acceptors (Lipinski definition) is 7. The SMILES string of the molecule is CN1CCC2(CC1)CCN(C)C2=O.CN1CCC2(CC1)CN(C)C(=O)CO2.CN1CCC2(CC1)CN(C)C(=O)N2C. The van der Waals surface area contributed by atoms with Crippen molar-refractivity contribution >= 4 is 17.8 Å². The molecule has 0 aliphatic carbocycles. The van der Waals surface area contributed by atoms with Crippen molar-refractivity contribution in [2.75, 3.05) is 115 Å². The van der Waals surface area contributed by atoms with Gasteiger partial charge in [-0.05, 0) is 79.2 Å². The van der Waals surface area contributed by atoms with Crippen molar-refractivity contribution < 1.29 is 19.1 Å². The summed E-state index contributed by atoms with van der Waals surface area (Å²) in [7, 11) is 14.0. The number of hydrogen-bond donors (Lipinski definition) is 0. The predicted octanol–water partition coefficient (Wildman–Crippen LogP) is 0.948. The number of carbonyl (C=O) groups excluding carboxylic acids is 3. The van der Waals surface area contributed by atoms with Gasteiger partial charge in [-0.1, -0.05) is 0 Å². The topological polar surface area (TPSA) is 83.1 Å². The third-order valence-electron chi connectivity index (χ3n) is 10.8. The Labute approximate surface area is 247 Å². The zero-order valence-corrected chi connectivity index (χ0v) is 26.8. The van der Waals surface area contributed by atoms with E-state index in [1.54, 1.807) is 4.90 Å². The van der Waals surface area contributed by atoms with Gasteiger partial charge < -0.3 is 39.0 Å². The van der Waals surface area contributed by atoms with Gasteiger partial charge in [-0.3, -0.25) is 9.59 Å². The lowest BCUT2D eigenvalue weighted by atomic mass is 9.77. The Bertz CT molecular complexity index is 935. The summed E-state index contributed by atoms with van der Waals surface area (Å²) in [5.74, 6) is 0.496. The normalized spacial score (nSPS) is 28.3. The summed E-state index contributed by atoms with van der Waals surface area (Å²) in [5, 5.41) is 0. The van der Waals surface area contributed by atoms with E-state index in [0.717, 1.165) is 104 Å². The van der Waals surface area contributed by atoms with E-state index < -0.39 is 0 Å². The summed E-state index contributed by atoms with van der Waals surface area (Å²) >= 11 is 0. The molecule has 11 heteroatoms. The number of carbonyl (C=O) groups is 3. The molecule has 0 aromatic carbocycles. The maximum Gasteiger partial charge on any atom is 0.320 e. The van der Waals surface area contributed by atoms with Crippen LogP contribution in [0, 0.1) is 5.41 Å². The standard InChI is InChI=1S/C10H19N3O.C10H18N2O2.C10H18N2O/c1-11-6-4-10(5-7-11)8-12(2)9(14)13(10)3;1-11-5-3-10(4-6-11)8-12(2)9(13)7-14-10;1-11-6-3-10(4-7-11)5-8-12(2)9(10)13/h4-8H2,1-3H3;3-8H2,1-2H3;3-8H2,1-2H3. The predicted molar refractivity (Wildman–Crippen MR) is 160 cm³/mol. The van der Waals surface area contributed by atoms with Crippen LogP contribution in [-0.2, 0) is 14.3 Å². The lowest BCUT2D eigenvalue weighted by Gasteiger charge is -2.45. The lowest BCUT2D eigenvalue weighted by molar-refractivity contribution is -0.168. The molecule has 6 aliphatic heterocycles. The van der Waals surface area contributed by atoms with E-state index >= 15 is 0 Å². The van der Waals surface area contributed by atoms with Gasteiger partial charge >= 0.3 is 6.03 Å². The van der Waals surface area contributed by atoms with Crippen LogP contribution in [0.2, 0.25) is 0 Å². The van der Waals surface area contributed by atoms with Crippen LogP contribution >= 0.6 is 0 Å². The number of piperidine rings is 3. The van der Waals surface area contributed by atoms with Crippen LogP contribution < -0.4 is 0 Å². The Morgan fingerprint density at radius 3 is 1.49 bits per heavy atom. The Morgan fingerprint density at radius 2 is 1.05 bits per heavy atom. The molecule has 11 nitrogen and oxygen atoms in total. The molecule has 0 saturated carbocycles. The van der Waals surface area contributed by atoms with Gasteiger partial charge in [0.25, 0.3) is 0 Å². The molecular weight excluding hydrogens is 522 g/mol. The molecule has 3 spiro atoms. The fourth-order valence-corrected chi connectivity index (χ4v) is 7.33. The molecule has 6 saturated heterocycles. The van der Waals surface area contributed by atoms with E-state index in [-0.39, 0.29) is 35.1 Å². The average molecular weight is 578 g/mol. The van der Waals surface area contributed by atoms with Crippen molar-refractivity contribution in [2.45, 2.75) is 56.1 Å². The number of morpholine rings is 1. The van der Waals surface area contributed by atoms with Gasteiger partial charge in [0.15, 0.2) is 0 Å². The largest absolute Gasteiger partial charge is 0.363 e. The number of nitrogens with zero attached hydrogens (tertiary/aromatic N) is 7. The number of likely N-dealkylation sites (N-methyl/N-ethyl adjacent to an activating group) is 3. The minimum absolute atomic E-state index is 0.0290. The van der Waals surface area contributed by atoms with Crippen LogP contribution in [-0.4, -0.2) is 178 Å². The highest BCUT2D eigenvalue weighted by atomic mass is 16.5. The van der Waals surface area contributed by atoms with Crippen molar-refractivity contribution in [1.29, 1.82) is 0 Å². The van der Waals surface area contributed by atoms with Gasteiger partial charge in [0.05, 0.1) is 16.6 Å². The van der Waals surface area contributed by atoms with Gasteiger partial charge in [-0.25, -0.2) is 4.79 Å². The van der Waals surface area contributed by atoms with Crippen molar-refractivity contribution in [1.82, 2.24) is 34.3 Å². The van der Waals surface area contributed by atoms with Crippen LogP contribution in [0.1, 0.15) is 44.9 Å². The zero-order chi connectivity index (χ0) is 30.0. The minimum atomic E-state index is -0.0465. The Morgan fingerprint density at radius 1 is 0.561 bits per heavy atom. The van der Waals surface area contributed by atoms with Gasteiger partial charge in [0, 0.05) is 74.0 Å². The summed E-state index contributed by atoms with van der Waals surface area (Å²) in [5.41, 5.74) is 0.106. The molecule has 0 aromatic heterocycles. The smallest absolute Gasteiger partial charge is 0.320 e. The summed E-state index contributed by atoms with van der Waals surface area (Å²) in [6.07, 6.45) is 7.50. The minimum Gasteiger partial charge on any atom is -0.363 e. The van der Waals surface area contributed by atoms with Crippen LogP contribution in [0.3, 0.4) is 0 Å². The first-order valence-electron chi connectivity index (χ1n) is 15.5. The fraction of sp³-hybridized carbons (Fsp3) is 0.900. The van der Waals surface area contributed by atoms with Crippen molar-refractivity contribution in [3.8, 4) is 0 Å². The summed E-state index contributed by atoms with van der Waals surface area (Å²) in [6, 6.07) is 0.176. The fourth-order valence-electron chi connectivity index (χ4n) is 7.33. The van der Waals surface area contributed by atoms with Gasteiger partial charge in [0.2, 0.25) is 11.8 Å². The highest BCUT2D eigenvalue weighted by Crippen LogP contribution is 2.40. The van der Waals surface area contributed by atoms with Gasteiger partial charge in [0.1, 0.15) is 6.61 Å². The second-order valence-electron chi connectivity index (χ2n) is 13.8. The highest BCUT2D eigenvalue weighted by molar-refractivity contribution is 5.84. The molecule has 0 unspecified atom stereocenters. The molecule has 6 aliphatic rings. The van der Waals surface area contributed by atoms with E-state index in [1.807, 2.05) is 42.9 Å². The van der Waals surface area contributed by atoms with E-state index in [2.05, 4.69) is 35.8 Å². The molecule has 0 radical (unpaired) electrons. The Balaban J connectivity index is 0.000000142. The van der Waals surface area contributed by atoms with Crippen molar-refractivity contribution in [3.05, 3.63) is 0 Å².